The van der Waals surface area contributed by atoms with E-state index in [1.807, 2.05) is 0 Å². The second-order valence-electron chi connectivity index (χ2n) is 8.52. The van der Waals surface area contributed by atoms with Crippen molar-refractivity contribution in [1.82, 2.24) is 15.5 Å². The lowest BCUT2D eigenvalue weighted by atomic mass is 9.96. The summed E-state index contributed by atoms with van der Waals surface area (Å²) in [7, 11) is 0. The highest BCUT2D eigenvalue weighted by molar-refractivity contribution is 5.74. The predicted octanol–water partition coefficient (Wildman–Crippen LogP) is 4.17. The van der Waals surface area contributed by atoms with Crippen molar-refractivity contribution in [2.24, 2.45) is 0 Å². The van der Waals surface area contributed by atoms with E-state index in [2.05, 4.69) is 47.6 Å². The van der Waals surface area contributed by atoms with Crippen LogP contribution in [0.15, 0.2) is 18.2 Å². The normalized spacial score (nSPS) is 19.4. The van der Waals surface area contributed by atoms with Crippen LogP contribution in [-0.4, -0.2) is 49.3 Å². The van der Waals surface area contributed by atoms with Gasteiger partial charge in [-0.2, -0.15) is 0 Å². The SMILES string of the molecule is Cc1ccc(OCCCN2CCC(NC(=O)NC3CCCCC3)CC2)cc1C. The van der Waals surface area contributed by atoms with Gasteiger partial charge in [0.25, 0.3) is 0 Å². The summed E-state index contributed by atoms with van der Waals surface area (Å²) in [5.74, 6) is 0.968. The van der Waals surface area contributed by atoms with E-state index in [9.17, 15) is 4.79 Å². The van der Waals surface area contributed by atoms with E-state index in [1.165, 1.54) is 30.4 Å². The molecule has 5 heteroatoms. The minimum atomic E-state index is 0.0344. The molecule has 0 radical (unpaired) electrons. The van der Waals surface area contributed by atoms with Gasteiger partial charge in [-0.05, 0) is 69.2 Å². The fourth-order valence-corrected chi connectivity index (χ4v) is 4.24. The van der Waals surface area contributed by atoms with E-state index in [0.717, 1.165) is 64.1 Å². The molecule has 2 amide bonds. The molecule has 0 aromatic heterocycles. The summed E-state index contributed by atoms with van der Waals surface area (Å²) in [6.07, 6.45) is 9.19. The van der Waals surface area contributed by atoms with Crippen molar-refractivity contribution in [2.45, 2.75) is 77.3 Å². The van der Waals surface area contributed by atoms with Crippen molar-refractivity contribution in [3.63, 3.8) is 0 Å². The van der Waals surface area contributed by atoms with E-state index >= 15 is 0 Å². The van der Waals surface area contributed by atoms with Crippen molar-refractivity contribution in [3.8, 4) is 5.75 Å². The zero-order valence-corrected chi connectivity index (χ0v) is 17.6. The van der Waals surface area contributed by atoms with Gasteiger partial charge < -0.3 is 20.3 Å². The number of hydrogen-bond donors (Lipinski definition) is 2. The number of ether oxygens (including phenoxy) is 1. The molecule has 2 N–H and O–H groups in total. The van der Waals surface area contributed by atoms with Crippen LogP contribution in [0.5, 0.6) is 5.75 Å². The van der Waals surface area contributed by atoms with Crippen molar-refractivity contribution in [2.75, 3.05) is 26.2 Å². The first-order chi connectivity index (χ1) is 13.6. The Morgan fingerprint density at radius 1 is 1.00 bits per heavy atom. The van der Waals surface area contributed by atoms with Gasteiger partial charge in [0.2, 0.25) is 0 Å². The first-order valence-corrected chi connectivity index (χ1v) is 11.1. The molecular weight excluding hydrogens is 350 g/mol. The quantitative estimate of drug-likeness (QED) is 0.691. The van der Waals surface area contributed by atoms with Crippen molar-refractivity contribution in [1.29, 1.82) is 0 Å². The summed E-state index contributed by atoms with van der Waals surface area (Å²) < 4.78 is 5.89. The van der Waals surface area contributed by atoms with Crippen LogP contribution in [0, 0.1) is 13.8 Å². The Morgan fingerprint density at radius 3 is 2.36 bits per heavy atom. The maximum absolute atomic E-state index is 12.2. The number of carbonyl (C=O) groups excluding carboxylic acids is 1. The lowest BCUT2D eigenvalue weighted by Crippen LogP contribution is -2.50. The number of hydrogen-bond acceptors (Lipinski definition) is 3. The first-order valence-electron chi connectivity index (χ1n) is 11.1. The van der Waals surface area contributed by atoms with Gasteiger partial charge in [0.1, 0.15) is 5.75 Å². The summed E-state index contributed by atoms with van der Waals surface area (Å²) in [5.41, 5.74) is 2.58. The lowest BCUT2D eigenvalue weighted by Gasteiger charge is -2.33. The van der Waals surface area contributed by atoms with E-state index in [0.29, 0.717) is 12.1 Å². The lowest BCUT2D eigenvalue weighted by molar-refractivity contribution is 0.178. The van der Waals surface area contributed by atoms with E-state index in [1.54, 1.807) is 0 Å². The van der Waals surface area contributed by atoms with Crippen LogP contribution in [0.1, 0.15) is 62.5 Å². The van der Waals surface area contributed by atoms with Crippen molar-refractivity contribution < 1.29 is 9.53 Å². The Hall–Kier alpha value is -1.75. The molecule has 2 aliphatic rings. The minimum absolute atomic E-state index is 0.0344. The zero-order chi connectivity index (χ0) is 19.8. The number of likely N-dealkylation sites (tertiary alicyclic amines) is 1. The fraction of sp³-hybridized carbons (Fsp3) is 0.696. The highest BCUT2D eigenvalue weighted by atomic mass is 16.5. The summed E-state index contributed by atoms with van der Waals surface area (Å²) >= 11 is 0. The summed E-state index contributed by atoms with van der Waals surface area (Å²) in [6, 6.07) is 7.01. The summed E-state index contributed by atoms with van der Waals surface area (Å²) in [5, 5.41) is 6.35. The molecule has 1 aromatic carbocycles. The number of benzene rings is 1. The number of nitrogens with one attached hydrogen (secondary N) is 2. The molecule has 156 valence electrons. The Bertz CT molecular complexity index is 620. The highest BCUT2D eigenvalue weighted by Crippen LogP contribution is 2.18. The molecule has 28 heavy (non-hydrogen) atoms. The fourth-order valence-electron chi connectivity index (χ4n) is 4.24. The van der Waals surface area contributed by atoms with E-state index in [-0.39, 0.29) is 6.03 Å². The van der Waals surface area contributed by atoms with Gasteiger partial charge in [-0.25, -0.2) is 4.79 Å². The van der Waals surface area contributed by atoms with Gasteiger partial charge in [0.05, 0.1) is 6.61 Å². The maximum Gasteiger partial charge on any atom is 0.315 e. The topological polar surface area (TPSA) is 53.6 Å². The molecule has 1 aliphatic heterocycles. The number of carbonyl (C=O) groups is 1. The number of nitrogens with zero attached hydrogens (tertiary/aromatic N) is 1. The van der Waals surface area contributed by atoms with Crippen molar-refractivity contribution >= 4 is 6.03 Å². The molecule has 1 aromatic rings. The number of piperidine rings is 1. The van der Waals surface area contributed by atoms with E-state index in [4.69, 9.17) is 4.74 Å². The molecule has 0 atom stereocenters. The minimum Gasteiger partial charge on any atom is -0.494 e. The summed E-state index contributed by atoms with van der Waals surface area (Å²) in [4.78, 5) is 14.7. The Morgan fingerprint density at radius 2 is 1.68 bits per heavy atom. The number of aryl methyl sites for hydroxylation is 2. The largest absolute Gasteiger partial charge is 0.494 e. The first kappa shape index (κ1) is 21.0. The van der Waals surface area contributed by atoms with Gasteiger partial charge in [-0.3, -0.25) is 0 Å². The zero-order valence-electron chi connectivity index (χ0n) is 17.6. The highest BCUT2D eigenvalue weighted by Gasteiger charge is 2.22. The number of urea groups is 1. The Balaban J connectivity index is 1.26. The van der Waals surface area contributed by atoms with Crippen molar-refractivity contribution in [3.05, 3.63) is 29.3 Å². The maximum atomic E-state index is 12.2. The van der Waals surface area contributed by atoms with Gasteiger partial charge in [-0.1, -0.05) is 25.3 Å². The van der Waals surface area contributed by atoms with Gasteiger partial charge in [0, 0.05) is 31.7 Å². The average Bonchev–Trinajstić information content (AvgIpc) is 2.70. The molecule has 0 bridgehead atoms. The monoisotopic (exact) mass is 387 g/mol. The molecule has 2 fully saturated rings. The number of rotatable bonds is 7. The number of amides is 2. The predicted molar refractivity (Wildman–Crippen MR) is 114 cm³/mol. The third-order valence-electron chi connectivity index (χ3n) is 6.23. The molecule has 5 nitrogen and oxygen atoms in total. The van der Waals surface area contributed by atoms with Crippen LogP contribution in [0.4, 0.5) is 4.79 Å². The van der Waals surface area contributed by atoms with Crippen LogP contribution in [-0.2, 0) is 0 Å². The standard InChI is InChI=1S/C23H37N3O2/c1-18-9-10-22(17-19(18)2)28-16-6-13-26-14-11-21(12-15-26)25-23(27)24-20-7-4-3-5-8-20/h9-10,17,20-21H,3-8,11-16H2,1-2H3,(H2,24,25,27). The molecule has 1 aliphatic carbocycles. The molecule has 1 saturated carbocycles. The second-order valence-corrected chi connectivity index (χ2v) is 8.52. The van der Waals surface area contributed by atoms with Crippen LogP contribution in [0.25, 0.3) is 0 Å². The van der Waals surface area contributed by atoms with E-state index < -0.39 is 0 Å². The van der Waals surface area contributed by atoms with Gasteiger partial charge in [-0.15, -0.1) is 0 Å². The molecule has 0 spiro atoms. The molecule has 0 unspecified atom stereocenters. The van der Waals surface area contributed by atoms with Crippen LogP contribution in [0.2, 0.25) is 0 Å². The Labute approximate surface area is 170 Å². The summed E-state index contributed by atoms with van der Waals surface area (Å²) in [6.45, 7) is 8.17. The molecule has 3 rings (SSSR count). The van der Waals surface area contributed by atoms with Gasteiger partial charge in [0.15, 0.2) is 0 Å². The second kappa shape index (κ2) is 10.7. The molecule has 1 heterocycles. The third-order valence-corrected chi connectivity index (χ3v) is 6.23. The molecular formula is C23H37N3O2. The van der Waals surface area contributed by atoms with Crippen LogP contribution >= 0.6 is 0 Å². The van der Waals surface area contributed by atoms with Crippen LogP contribution < -0.4 is 15.4 Å². The third kappa shape index (κ3) is 6.69. The van der Waals surface area contributed by atoms with Gasteiger partial charge >= 0.3 is 6.03 Å². The molecule has 1 saturated heterocycles. The average molecular weight is 388 g/mol. The Kier molecular flexibility index (Phi) is 8.01. The smallest absolute Gasteiger partial charge is 0.315 e. The van der Waals surface area contributed by atoms with Crippen LogP contribution in [0.3, 0.4) is 0 Å².